The second-order valence-corrected chi connectivity index (χ2v) is 4.52. The minimum absolute atomic E-state index is 0.567. The van der Waals surface area contributed by atoms with Crippen molar-refractivity contribution in [2.45, 2.75) is 47.1 Å². The number of nitrogens with two attached hydrogens (primary N) is 1. The lowest BCUT2D eigenvalue weighted by molar-refractivity contribution is 0.717. The van der Waals surface area contributed by atoms with Crippen LogP contribution < -0.4 is 10.6 Å². The zero-order chi connectivity index (χ0) is 12.8. The van der Waals surface area contributed by atoms with Crippen LogP contribution in [0.2, 0.25) is 0 Å². The molecule has 0 saturated heterocycles. The number of anilines is 1. The summed E-state index contributed by atoms with van der Waals surface area (Å²) in [5.41, 5.74) is 9.37. The normalized spacial score (nSPS) is 10.6. The first kappa shape index (κ1) is 14.0. The molecule has 0 aliphatic carbocycles. The van der Waals surface area contributed by atoms with Gasteiger partial charge in [0, 0.05) is 30.9 Å². The summed E-state index contributed by atoms with van der Waals surface area (Å²) in [6, 6.07) is 2.11. The minimum Gasteiger partial charge on any atom is -0.357 e. The molecule has 96 valence electrons. The molecule has 0 atom stereocenters. The highest BCUT2D eigenvalue weighted by Crippen LogP contribution is 2.22. The molecular weight excluding hydrogens is 210 g/mol. The van der Waals surface area contributed by atoms with Crippen molar-refractivity contribution in [3.05, 3.63) is 22.9 Å². The van der Waals surface area contributed by atoms with E-state index < -0.39 is 0 Å². The molecule has 0 radical (unpaired) electrons. The zero-order valence-corrected chi connectivity index (χ0v) is 11.6. The predicted octanol–water partition coefficient (Wildman–Crippen LogP) is 2.78. The van der Waals surface area contributed by atoms with Crippen molar-refractivity contribution in [1.29, 1.82) is 0 Å². The summed E-state index contributed by atoms with van der Waals surface area (Å²) >= 11 is 0. The maximum Gasteiger partial charge on any atom is 0.133 e. The average Bonchev–Trinajstić information content (AvgIpc) is 2.29. The van der Waals surface area contributed by atoms with Gasteiger partial charge in [-0.1, -0.05) is 13.3 Å². The lowest BCUT2D eigenvalue weighted by Crippen LogP contribution is -2.27. The number of nitrogens with zero attached hydrogens (tertiary/aromatic N) is 2. The van der Waals surface area contributed by atoms with Gasteiger partial charge >= 0.3 is 0 Å². The first-order chi connectivity index (χ1) is 8.13. The Balaban J connectivity index is 3.07. The Morgan fingerprint density at radius 3 is 2.53 bits per heavy atom. The van der Waals surface area contributed by atoms with Crippen LogP contribution in [-0.4, -0.2) is 18.1 Å². The molecule has 0 aromatic carbocycles. The Morgan fingerprint density at radius 2 is 2.00 bits per heavy atom. The van der Waals surface area contributed by atoms with Crippen molar-refractivity contribution in [3.63, 3.8) is 0 Å². The van der Waals surface area contributed by atoms with Gasteiger partial charge in [-0.2, -0.15) is 0 Å². The fraction of sp³-hybridized carbons (Fsp3) is 0.643. The van der Waals surface area contributed by atoms with Crippen LogP contribution >= 0.6 is 0 Å². The van der Waals surface area contributed by atoms with Crippen molar-refractivity contribution in [2.24, 2.45) is 5.73 Å². The van der Waals surface area contributed by atoms with Gasteiger partial charge in [-0.3, -0.25) is 0 Å². The van der Waals surface area contributed by atoms with E-state index in [9.17, 15) is 0 Å². The molecule has 2 N–H and O–H groups in total. The molecule has 1 rings (SSSR count). The van der Waals surface area contributed by atoms with E-state index in [1.54, 1.807) is 0 Å². The monoisotopic (exact) mass is 235 g/mol. The summed E-state index contributed by atoms with van der Waals surface area (Å²) in [6.07, 6.45) is 2.41. The summed E-state index contributed by atoms with van der Waals surface area (Å²) in [5.74, 6) is 1.08. The van der Waals surface area contributed by atoms with E-state index in [-0.39, 0.29) is 0 Å². The second-order valence-electron chi connectivity index (χ2n) is 4.52. The van der Waals surface area contributed by atoms with Crippen LogP contribution in [0.5, 0.6) is 0 Å². The van der Waals surface area contributed by atoms with Gasteiger partial charge in [-0.25, -0.2) is 4.98 Å². The number of pyridine rings is 1. The van der Waals surface area contributed by atoms with E-state index in [0.29, 0.717) is 6.54 Å². The number of rotatable bonds is 6. The smallest absolute Gasteiger partial charge is 0.133 e. The summed E-state index contributed by atoms with van der Waals surface area (Å²) in [5, 5.41) is 0. The molecule has 17 heavy (non-hydrogen) atoms. The Morgan fingerprint density at radius 1 is 1.29 bits per heavy atom. The van der Waals surface area contributed by atoms with E-state index in [0.717, 1.165) is 24.6 Å². The van der Waals surface area contributed by atoms with Crippen LogP contribution in [0, 0.1) is 13.8 Å². The molecule has 1 aromatic rings. The lowest BCUT2D eigenvalue weighted by Gasteiger charge is -2.25. The highest BCUT2D eigenvalue weighted by atomic mass is 15.2. The third kappa shape index (κ3) is 3.43. The van der Waals surface area contributed by atoms with Gasteiger partial charge in [-0.15, -0.1) is 0 Å². The van der Waals surface area contributed by atoms with Crippen molar-refractivity contribution in [2.75, 3.05) is 18.0 Å². The largest absolute Gasteiger partial charge is 0.357 e. The summed E-state index contributed by atoms with van der Waals surface area (Å²) < 4.78 is 0. The van der Waals surface area contributed by atoms with Crippen molar-refractivity contribution >= 4 is 5.82 Å². The molecule has 1 heterocycles. The predicted molar refractivity (Wildman–Crippen MR) is 74.4 cm³/mol. The van der Waals surface area contributed by atoms with Gasteiger partial charge in [0.15, 0.2) is 0 Å². The molecule has 0 aliphatic rings. The number of aryl methyl sites for hydroxylation is 2. The number of hydrogen-bond donors (Lipinski definition) is 1. The van der Waals surface area contributed by atoms with Gasteiger partial charge in [0.2, 0.25) is 0 Å². The van der Waals surface area contributed by atoms with E-state index in [1.807, 2.05) is 6.92 Å². The molecule has 3 heteroatoms. The summed E-state index contributed by atoms with van der Waals surface area (Å²) in [7, 11) is 0. The number of hydrogen-bond acceptors (Lipinski definition) is 3. The van der Waals surface area contributed by atoms with Gasteiger partial charge in [-0.05, 0) is 38.8 Å². The fourth-order valence-electron chi connectivity index (χ4n) is 2.12. The molecule has 0 saturated carbocycles. The second kappa shape index (κ2) is 6.60. The van der Waals surface area contributed by atoms with Crippen LogP contribution in [0.3, 0.4) is 0 Å². The Bertz CT molecular complexity index is 361. The zero-order valence-electron chi connectivity index (χ0n) is 11.6. The molecule has 0 amide bonds. The van der Waals surface area contributed by atoms with Gasteiger partial charge in [0.25, 0.3) is 0 Å². The van der Waals surface area contributed by atoms with Crippen LogP contribution in [0.25, 0.3) is 0 Å². The van der Waals surface area contributed by atoms with Crippen molar-refractivity contribution in [1.82, 2.24) is 4.98 Å². The van der Waals surface area contributed by atoms with Crippen LogP contribution in [0.4, 0.5) is 5.82 Å². The first-order valence-corrected chi connectivity index (χ1v) is 6.56. The fourth-order valence-corrected chi connectivity index (χ4v) is 2.12. The van der Waals surface area contributed by atoms with Gasteiger partial charge in [0.05, 0.1) is 0 Å². The van der Waals surface area contributed by atoms with E-state index in [2.05, 4.69) is 36.7 Å². The first-order valence-electron chi connectivity index (χ1n) is 6.56. The highest BCUT2D eigenvalue weighted by molar-refractivity contribution is 5.51. The lowest BCUT2D eigenvalue weighted by atomic mass is 10.1. The summed E-state index contributed by atoms with van der Waals surface area (Å²) in [4.78, 5) is 7.01. The average molecular weight is 235 g/mol. The van der Waals surface area contributed by atoms with Crippen LogP contribution in [0.15, 0.2) is 6.07 Å². The van der Waals surface area contributed by atoms with E-state index in [1.165, 1.54) is 24.0 Å². The molecule has 0 bridgehead atoms. The molecule has 0 spiro atoms. The number of aromatic nitrogens is 1. The molecule has 1 aromatic heterocycles. The SMILES string of the molecule is CCCCN(CC)c1nc(C)cc(C)c1CN. The molecule has 0 unspecified atom stereocenters. The molecule has 0 aliphatic heterocycles. The summed E-state index contributed by atoms with van der Waals surface area (Å²) in [6.45, 7) is 11.2. The van der Waals surface area contributed by atoms with Crippen LogP contribution in [0.1, 0.15) is 43.5 Å². The highest BCUT2D eigenvalue weighted by Gasteiger charge is 2.13. The van der Waals surface area contributed by atoms with Crippen LogP contribution in [-0.2, 0) is 6.54 Å². The third-order valence-electron chi connectivity index (χ3n) is 3.12. The Labute approximate surface area is 105 Å². The topological polar surface area (TPSA) is 42.2 Å². The maximum atomic E-state index is 5.86. The van der Waals surface area contributed by atoms with Gasteiger partial charge < -0.3 is 10.6 Å². The Kier molecular flexibility index (Phi) is 5.42. The van der Waals surface area contributed by atoms with E-state index in [4.69, 9.17) is 5.73 Å². The Hall–Kier alpha value is -1.09. The third-order valence-corrected chi connectivity index (χ3v) is 3.12. The molecular formula is C14H25N3. The standard InChI is InChI=1S/C14H25N3/c1-5-7-8-17(6-2)14-13(10-15)11(3)9-12(4)16-14/h9H,5-8,10,15H2,1-4H3. The van der Waals surface area contributed by atoms with E-state index >= 15 is 0 Å². The maximum absolute atomic E-state index is 5.86. The minimum atomic E-state index is 0.567. The van der Waals surface area contributed by atoms with Crippen molar-refractivity contribution < 1.29 is 0 Å². The quantitative estimate of drug-likeness (QED) is 0.824. The molecule has 3 nitrogen and oxygen atoms in total. The van der Waals surface area contributed by atoms with Gasteiger partial charge in [0.1, 0.15) is 5.82 Å². The number of unbranched alkanes of at least 4 members (excludes halogenated alkanes) is 1. The molecule has 0 fully saturated rings. The van der Waals surface area contributed by atoms with Crippen molar-refractivity contribution in [3.8, 4) is 0 Å².